The van der Waals surface area contributed by atoms with Crippen molar-refractivity contribution in [1.82, 2.24) is 0 Å². The van der Waals surface area contributed by atoms with Crippen molar-refractivity contribution in [2.75, 3.05) is 0 Å². The molecule has 0 atom stereocenters. The van der Waals surface area contributed by atoms with Crippen LogP contribution in [0.2, 0.25) is 0 Å². The highest BCUT2D eigenvalue weighted by atomic mass is 14.8. The number of rotatable bonds is 1. The monoisotopic (exact) mass is 112 g/mol. The molecule has 0 amide bonds. The summed E-state index contributed by atoms with van der Waals surface area (Å²) in [5, 5.41) is 0. The average molecular weight is 112 g/mol. The van der Waals surface area contributed by atoms with Crippen molar-refractivity contribution >= 4 is 6.08 Å². The maximum Gasteiger partial charge on any atom is -0.0263 e. The lowest BCUT2D eigenvalue weighted by molar-refractivity contribution is 1.67. The van der Waals surface area contributed by atoms with E-state index < -0.39 is 0 Å². The summed E-state index contributed by atoms with van der Waals surface area (Å²) in [6.45, 7) is 3.63. The van der Waals surface area contributed by atoms with Crippen LogP contribution in [0.3, 0.4) is 0 Å². The Bertz CT molecular complexity index is 163. The van der Waals surface area contributed by atoms with E-state index in [1.165, 1.54) is 5.56 Å². The van der Waals surface area contributed by atoms with Gasteiger partial charge in [0.1, 0.15) is 0 Å². The van der Waals surface area contributed by atoms with Gasteiger partial charge < -0.3 is 0 Å². The molecule has 1 aromatic carbocycles. The average Bonchev–Trinajstić information content (AvgIpc) is 1.90. The molecule has 40 valence electrons. The van der Waals surface area contributed by atoms with Gasteiger partial charge in [-0.2, -0.15) is 0 Å². The van der Waals surface area contributed by atoms with Crippen molar-refractivity contribution in [1.29, 1.82) is 0 Å². The SMILES string of the molecule is [13CH2]=[13CH][13c]1[13cH][13cH][13cH][13cH][13cH]1. The maximum absolute atomic E-state index is 3.63. The molecule has 0 saturated heterocycles. The van der Waals surface area contributed by atoms with E-state index in [4.69, 9.17) is 0 Å². The van der Waals surface area contributed by atoms with Crippen molar-refractivity contribution in [2.45, 2.75) is 0 Å². The first-order valence-electron chi connectivity index (χ1n) is 2.61. The molecule has 0 aromatic heterocycles. The van der Waals surface area contributed by atoms with E-state index in [-0.39, 0.29) is 0 Å². The van der Waals surface area contributed by atoms with E-state index >= 15 is 0 Å². The lowest BCUT2D eigenvalue weighted by atomic mass is 11.2. The minimum Gasteiger partial charge on any atom is -0.0985 e. The molecule has 0 spiro atoms. The van der Waals surface area contributed by atoms with Crippen LogP contribution in [0.1, 0.15) is 5.56 Å². The van der Waals surface area contributed by atoms with E-state index in [2.05, 4.69) is 6.58 Å². The first-order valence-corrected chi connectivity index (χ1v) is 2.61. The zero-order valence-electron chi connectivity index (χ0n) is 4.67. The summed E-state index contributed by atoms with van der Waals surface area (Å²) in [6.07, 6.45) is 1.83. The topological polar surface area (TPSA) is 0 Å². The molecule has 0 saturated carbocycles. The molecule has 0 radical (unpaired) electrons. The predicted molar refractivity (Wildman–Crippen MR) is 36.5 cm³/mol. The van der Waals surface area contributed by atoms with Crippen molar-refractivity contribution < 1.29 is 0 Å². The number of hydrogen-bond donors (Lipinski definition) is 0. The molecule has 0 fully saturated rings. The Morgan fingerprint density at radius 2 is 1.75 bits per heavy atom. The summed E-state index contributed by atoms with van der Waals surface area (Å²) < 4.78 is 0. The van der Waals surface area contributed by atoms with Crippen LogP contribution < -0.4 is 0 Å². The molecule has 0 unspecified atom stereocenters. The minimum absolute atomic E-state index is 1.17. The van der Waals surface area contributed by atoms with Gasteiger partial charge in [-0.3, -0.25) is 0 Å². The fraction of sp³-hybridized carbons (Fsp3) is 0. The van der Waals surface area contributed by atoms with Crippen LogP contribution in [-0.2, 0) is 0 Å². The van der Waals surface area contributed by atoms with Crippen molar-refractivity contribution in [3.8, 4) is 0 Å². The second kappa shape index (κ2) is 2.31. The van der Waals surface area contributed by atoms with Crippen LogP contribution in [0.5, 0.6) is 0 Å². The van der Waals surface area contributed by atoms with E-state index in [0.29, 0.717) is 0 Å². The number of hydrogen-bond acceptors (Lipinski definition) is 0. The van der Waals surface area contributed by atoms with Gasteiger partial charge in [-0.1, -0.05) is 43.0 Å². The Morgan fingerprint density at radius 3 is 2.12 bits per heavy atom. The summed E-state index contributed by atoms with van der Waals surface area (Å²) in [7, 11) is 0. The Balaban J connectivity index is 2.99. The van der Waals surface area contributed by atoms with Crippen molar-refractivity contribution in [3.05, 3.63) is 42.5 Å². The Kier molecular flexibility index (Phi) is 1.48. The van der Waals surface area contributed by atoms with Crippen LogP contribution in [-0.4, -0.2) is 0 Å². The van der Waals surface area contributed by atoms with Crippen LogP contribution in [0.4, 0.5) is 0 Å². The van der Waals surface area contributed by atoms with Gasteiger partial charge in [0.15, 0.2) is 0 Å². The minimum atomic E-state index is 1.17. The summed E-state index contributed by atoms with van der Waals surface area (Å²) in [5.41, 5.74) is 1.17. The summed E-state index contributed by atoms with van der Waals surface area (Å²) in [5.74, 6) is 0. The van der Waals surface area contributed by atoms with Crippen molar-refractivity contribution in [2.24, 2.45) is 0 Å². The van der Waals surface area contributed by atoms with Crippen LogP contribution in [0.25, 0.3) is 6.08 Å². The Hall–Kier alpha value is -1.04. The third-order valence-corrected chi connectivity index (χ3v) is 1.04. The van der Waals surface area contributed by atoms with Crippen LogP contribution >= 0.6 is 0 Å². The molecule has 1 rings (SSSR count). The van der Waals surface area contributed by atoms with E-state index in [1.807, 2.05) is 36.4 Å². The van der Waals surface area contributed by atoms with Gasteiger partial charge in [-0.05, 0) is 5.56 Å². The van der Waals surface area contributed by atoms with E-state index in [1.54, 1.807) is 0 Å². The molecule has 0 aliphatic carbocycles. The molecule has 1 aromatic rings. The highest BCUT2D eigenvalue weighted by molar-refractivity contribution is 5.45. The van der Waals surface area contributed by atoms with Gasteiger partial charge in [0.25, 0.3) is 0 Å². The Morgan fingerprint density at radius 1 is 1.12 bits per heavy atom. The van der Waals surface area contributed by atoms with Gasteiger partial charge >= 0.3 is 0 Å². The van der Waals surface area contributed by atoms with E-state index in [0.717, 1.165) is 0 Å². The molecule has 0 aliphatic heterocycles. The molecule has 0 heterocycles. The summed E-state index contributed by atoms with van der Waals surface area (Å²) >= 11 is 0. The third kappa shape index (κ3) is 0.969. The molecule has 0 aliphatic rings. The fourth-order valence-electron chi connectivity index (χ4n) is 0.589. The lowest BCUT2D eigenvalue weighted by Gasteiger charge is -1.85. The quantitative estimate of drug-likeness (QED) is 0.489. The van der Waals surface area contributed by atoms with Crippen molar-refractivity contribution in [3.63, 3.8) is 0 Å². The Labute approximate surface area is 49.5 Å². The molecule has 0 heteroatoms. The van der Waals surface area contributed by atoms with Gasteiger partial charge in [0.2, 0.25) is 0 Å². The third-order valence-electron chi connectivity index (χ3n) is 1.04. The molecular weight excluding hydrogens is 104 g/mol. The predicted octanol–water partition coefficient (Wildman–Crippen LogP) is 2.33. The molecular formula is C8H8. The summed E-state index contributed by atoms with van der Waals surface area (Å²) in [6, 6.07) is 10.0. The first kappa shape index (κ1) is 5.10. The van der Waals surface area contributed by atoms with E-state index in [9.17, 15) is 0 Å². The highest BCUT2D eigenvalue weighted by Gasteiger charge is 1.75. The fourth-order valence-corrected chi connectivity index (χ4v) is 0.589. The first-order chi connectivity index (χ1) is 3.93. The zero-order chi connectivity index (χ0) is 5.82. The largest absolute Gasteiger partial charge is 0.0985 e. The lowest BCUT2D eigenvalue weighted by Crippen LogP contribution is -1.63. The molecule has 0 nitrogen and oxygen atoms in total. The number of benzene rings is 1. The standard InChI is InChI=1S/C8H8/c1-2-8-6-4-3-5-7-8/h2-7H,1H2/i1+1,2+1,3+1,4+1,5+1,6+1,7+1,8+1. The van der Waals surface area contributed by atoms with Crippen LogP contribution in [0.15, 0.2) is 36.9 Å². The van der Waals surface area contributed by atoms with Gasteiger partial charge in [-0.25, -0.2) is 0 Å². The van der Waals surface area contributed by atoms with Gasteiger partial charge in [0.05, 0.1) is 0 Å². The maximum atomic E-state index is 3.63. The second-order valence-electron chi connectivity index (χ2n) is 1.61. The zero-order valence-corrected chi connectivity index (χ0v) is 4.67. The molecule has 0 bridgehead atoms. The highest BCUT2D eigenvalue weighted by Crippen LogP contribution is 1.97. The van der Waals surface area contributed by atoms with Gasteiger partial charge in [-0.15, -0.1) is 0 Å². The smallest absolute Gasteiger partial charge is 0.0263 e. The second-order valence-corrected chi connectivity index (χ2v) is 1.61. The van der Waals surface area contributed by atoms with Gasteiger partial charge in [0, 0.05) is 0 Å². The van der Waals surface area contributed by atoms with Crippen LogP contribution in [0, 0.1) is 0 Å². The summed E-state index contributed by atoms with van der Waals surface area (Å²) in [4.78, 5) is 0. The normalized spacial score (nSPS) is 8.50. The molecule has 0 N–H and O–H groups in total. The molecule has 8 heavy (non-hydrogen) atoms.